The van der Waals surface area contributed by atoms with Gasteiger partial charge in [-0.2, -0.15) is 0 Å². The molecule has 152 valence electrons. The first-order valence-electron chi connectivity index (χ1n) is 8.86. The Labute approximate surface area is 154 Å². The molecule has 0 aliphatic carbocycles. The molecule has 5 N–H and O–H groups in total. The zero-order chi connectivity index (χ0) is 20.8. The Morgan fingerprint density at radius 1 is 0.923 bits per heavy atom. The summed E-state index contributed by atoms with van der Waals surface area (Å²) in [6.45, 7) is 12.7. The molecule has 0 bridgehead atoms. The van der Waals surface area contributed by atoms with Gasteiger partial charge in [-0.05, 0) is 20.8 Å². The summed E-state index contributed by atoms with van der Waals surface area (Å²) in [7, 11) is 0. The third kappa shape index (κ3) is 4.76. The molecule has 2 rings (SSSR count). The first-order valence-corrected chi connectivity index (χ1v) is 8.86. The second-order valence-corrected chi connectivity index (χ2v) is 5.66. The van der Waals surface area contributed by atoms with E-state index >= 15 is 0 Å². The molecule has 2 unspecified atom stereocenters. The van der Waals surface area contributed by atoms with Crippen LogP contribution < -0.4 is 0 Å². The molecular formula is C18H32FNO6. The van der Waals surface area contributed by atoms with Crippen LogP contribution in [0.5, 0.6) is 17.2 Å². The summed E-state index contributed by atoms with van der Waals surface area (Å²) in [6.07, 6.45) is -0.675. The number of hydrogen-bond donors (Lipinski definition) is 5. The van der Waals surface area contributed by atoms with E-state index in [0.717, 1.165) is 11.8 Å². The van der Waals surface area contributed by atoms with Gasteiger partial charge in [-0.1, -0.05) is 27.7 Å². The van der Waals surface area contributed by atoms with E-state index in [1.807, 2.05) is 27.7 Å². The summed E-state index contributed by atoms with van der Waals surface area (Å²) in [4.78, 5) is 1.12. The van der Waals surface area contributed by atoms with Crippen LogP contribution in [0.15, 0.2) is 0 Å². The van der Waals surface area contributed by atoms with Crippen molar-refractivity contribution in [1.82, 2.24) is 4.90 Å². The lowest BCUT2D eigenvalue weighted by Crippen LogP contribution is -2.55. The fourth-order valence-corrected chi connectivity index (χ4v) is 2.71. The molecule has 7 nitrogen and oxygen atoms in total. The van der Waals surface area contributed by atoms with Crippen LogP contribution in [-0.4, -0.2) is 55.7 Å². The monoisotopic (exact) mass is 377 g/mol. The average molecular weight is 377 g/mol. The van der Waals surface area contributed by atoms with Gasteiger partial charge in [-0.25, -0.2) is 9.29 Å². The van der Waals surface area contributed by atoms with Crippen molar-refractivity contribution in [3.63, 3.8) is 0 Å². The number of hydrogen-bond acceptors (Lipinski definition) is 7. The topological polar surface area (TPSA) is 114 Å². The molecule has 0 aromatic heterocycles. The fraction of sp³-hybridized carbons (Fsp3) is 0.667. The van der Waals surface area contributed by atoms with Crippen molar-refractivity contribution in [3.05, 3.63) is 16.9 Å². The Morgan fingerprint density at radius 3 is 1.77 bits per heavy atom. The van der Waals surface area contributed by atoms with Gasteiger partial charge in [0.15, 0.2) is 23.1 Å². The van der Waals surface area contributed by atoms with Crippen LogP contribution in [0.2, 0.25) is 0 Å². The first kappa shape index (κ1) is 24.4. The highest BCUT2D eigenvalue weighted by molar-refractivity contribution is 5.58. The Morgan fingerprint density at radius 2 is 1.35 bits per heavy atom. The van der Waals surface area contributed by atoms with Crippen LogP contribution >= 0.6 is 0 Å². The van der Waals surface area contributed by atoms with Crippen LogP contribution in [-0.2, 0) is 10.6 Å². The number of ether oxygens (including phenoxy) is 1. The lowest BCUT2D eigenvalue weighted by Gasteiger charge is -2.42. The van der Waals surface area contributed by atoms with Crippen LogP contribution in [0, 0.1) is 12.7 Å². The predicted octanol–water partition coefficient (Wildman–Crippen LogP) is 2.51. The minimum absolute atomic E-state index is 0.0759. The van der Waals surface area contributed by atoms with Gasteiger partial charge in [0.05, 0.1) is 12.2 Å². The Balaban J connectivity index is 0.00000146. The molecule has 1 aromatic rings. The number of phenolic OH excluding ortho intramolecular Hbond substituents is 3. The number of aliphatic hydroxyl groups is 2. The summed E-state index contributed by atoms with van der Waals surface area (Å²) >= 11 is 0. The maximum absolute atomic E-state index is 13.9. The predicted molar refractivity (Wildman–Crippen MR) is 96.5 cm³/mol. The van der Waals surface area contributed by atoms with Crippen molar-refractivity contribution in [2.45, 2.75) is 66.6 Å². The molecule has 2 atom stereocenters. The minimum Gasteiger partial charge on any atom is -0.504 e. The average Bonchev–Trinajstić information content (AvgIpc) is 2.61. The normalized spacial score (nSPS) is 20.5. The van der Waals surface area contributed by atoms with Gasteiger partial charge < -0.3 is 30.3 Å². The quantitative estimate of drug-likeness (QED) is 0.306. The van der Waals surface area contributed by atoms with Crippen LogP contribution in [0.25, 0.3) is 0 Å². The van der Waals surface area contributed by atoms with E-state index in [1.165, 1.54) is 0 Å². The van der Waals surface area contributed by atoms with Crippen LogP contribution in [0.3, 0.4) is 0 Å². The van der Waals surface area contributed by atoms with Crippen molar-refractivity contribution in [3.8, 4) is 17.2 Å². The summed E-state index contributed by atoms with van der Waals surface area (Å²) < 4.78 is 19.4. The van der Waals surface area contributed by atoms with E-state index in [1.54, 1.807) is 13.8 Å². The van der Waals surface area contributed by atoms with Crippen LogP contribution in [0.1, 0.15) is 52.7 Å². The van der Waals surface area contributed by atoms with Gasteiger partial charge in [0.25, 0.3) is 5.91 Å². The lowest BCUT2D eigenvalue weighted by molar-refractivity contribution is -0.299. The first-order chi connectivity index (χ1) is 12.1. The van der Waals surface area contributed by atoms with Crippen molar-refractivity contribution in [2.75, 3.05) is 13.1 Å². The Kier molecular flexibility index (Phi) is 9.30. The number of halogens is 1. The fourth-order valence-electron chi connectivity index (χ4n) is 2.71. The standard InChI is InChI=1S/C14H20FNO6.2C2H6/c1-6-4-16(5-7(2)22-6)14(20,21)9-12(18)10(15)8(3)11(17)13(9)19;2*1-2/h6-7,17-21H,4-5H2,1-3H3;2*1-2H3. The van der Waals surface area contributed by atoms with Crippen LogP contribution in [0.4, 0.5) is 4.39 Å². The van der Waals surface area contributed by atoms with Gasteiger partial charge in [0.1, 0.15) is 5.56 Å². The van der Waals surface area contributed by atoms with Crippen molar-refractivity contribution in [2.24, 2.45) is 0 Å². The third-order valence-corrected chi connectivity index (χ3v) is 3.79. The summed E-state index contributed by atoms with van der Waals surface area (Å²) in [5.74, 6) is -7.05. The van der Waals surface area contributed by atoms with Gasteiger partial charge in [-0.3, -0.25) is 0 Å². The molecule has 0 spiro atoms. The van der Waals surface area contributed by atoms with Gasteiger partial charge in [-0.15, -0.1) is 0 Å². The zero-order valence-corrected chi connectivity index (χ0v) is 16.5. The maximum atomic E-state index is 13.9. The van der Waals surface area contributed by atoms with Crippen molar-refractivity contribution < 1.29 is 34.7 Å². The van der Waals surface area contributed by atoms with E-state index in [4.69, 9.17) is 4.74 Å². The molecule has 26 heavy (non-hydrogen) atoms. The smallest absolute Gasteiger partial charge is 0.261 e. The van der Waals surface area contributed by atoms with E-state index in [-0.39, 0.29) is 25.3 Å². The number of aromatic hydroxyl groups is 3. The lowest BCUT2D eigenvalue weighted by atomic mass is 10.0. The number of phenols is 3. The molecule has 8 heteroatoms. The Hall–Kier alpha value is -1.61. The van der Waals surface area contributed by atoms with Gasteiger partial charge in [0, 0.05) is 18.7 Å². The second kappa shape index (κ2) is 9.91. The number of nitrogens with zero attached hydrogens (tertiary/aromatic N) is 1. The molecule has 0 radical (unpaired) electrons. The van der Waals surface area contributed by atoms with E-state index in [9.17, 15) is 29.9 Å². The maximum Gasteiger partial charge on any atom is 0.261 e. The van der Waals surface area contributed by atoms with Gasteiger partial charge >= 0.3 is 0 Å². The molecule has 1 saturated heterocycles. The van der Waals surface area contributed by atoms with Crippen molar-refractivity contribution >= 4 is 0 Å². The number of morpholine rings is 1. The minimum atomic E-state index is -2.87. The SMILES string of the molecule is CC.CC.Cc1c(O)c(O)c(C(O)(O)N2CC(C)OC(C)C2)c(O)c1F. The second-order valence-electron chi connectivity index (χ2n) is 5.66. The third-order valence-electron chi connectivity index (χ3n) is 3.79. The van der Waals surface area contributed by atoms with E-state index in [2.05, 4.69) is 0 Å². The molecule has 1 aliphatic heterocycles. The highest BCUT2D eigenvalue weighted by atomic mass is 19.1. The number of benzene rings is 1. The highest BCUT2D eigenvalue weighted by Gasteiger charge is 2.44. The zero-order valence-electron chi connectivity index (χ0n) is 16.5. The summed E-state index contributed by atoms with van der Waals surface area (Å²) in [5, 5.41) is 50.2. The van der Waals surface area contributed by atoms with E-state index in [0.29, 0.717) is 0 Å². The highest BCUT2D eigenvalue weighted by Crippen LogP contribution is 2.46. The van der Waals surface area contributed by atoms with E-state index < -0.39 is 40.1 Å². The Bertz CT molecular complexity index is 555. The van der Waals surface area contributed by atoms with Crippen molar-refractivity contribution in [1.29, 1.82) is 0 Å². The largest absolute Gasteiger partial charge is 0.504 e. The molecule has 1 fully saturated rings. The summed E-state index contributed by atoms with van der Waals surface area (Å²) in [5.41, 5.74) is -1.28. The molecule has 0 saturated carbocycles. The molecule has 0 amide bonds. The summed E-state index contributed by atoms with van der Waals surface area (Å²) in [6, 6.07) is 0. The van der Waals surface area contributed by atoms with Gasteiger partial charge in [0.2, 0.25) is 0 Å². The number of rotatable bonds is 2. The molecule has 1 aliphatic rings. The molecular weight excluding hydrogens is 345 g/mol. The molecule has 1 aromatic carbocycles. The molecule has 1 heterocycles.